The number of benzene rings is 3. The second-order valence-electron chi connectivity index (χ2n) is 11.7. The van der Waals surface area contributed by atoms with E-state index in [9.17, 15) is 15.0 Å². The molecule has 0 fully saturated rings. The zero-order chi connectivity index (χ0) is 31.2. The molecule has 2 N–H and O–H groups in total. The highest BCUT2D eigenvalue weighted by Crippen LogP contribution is 2.31. The quantitative estimate of drug-likeness (QED) is 0.169. The number of rotatable bonds is 12. The molecule has 5 rings (SSSR count). The van der Waals surface area contributed by atoms with Gasteiger partial charge in [-0.05, 0) is 78.8 Å². The molecule has 0 radical (unpaired) electrons. The largest absolute Gasteiger partial charge is 0.394 e. The van der Waals surface area contributed by atoms with Gasteiger partial charge >= 0.3 is 0 Å². The van der Waals surface area contributed by atoms with E-state index < -0.39 is 6.23 Å². The number of aromatic nitrogens is 2. The van der Waals surface area contributed by atoms with Crippen LogP contribution in [0.15, 0.2) is 72.8 Å². The number of aliphatic hydroxyl groups excluding tert-OH is 2. The Morgan fingerprint density at radius 1 is 0.977 bits per heavy atom. The smallest absolute Gasteiger partial charge is 0.256 e. The van der Waals surface area contributed by atoms with Gasteiger partial charge in [-0.3, -0.25) is 9.69 Å². The monoisotopic (exact) mass is 614 g/mol. The van der Waals surface area contributed by atoms with E-state index in [4.69, 9.17) is 16.7 Å². The molecule has 8 heteroatoms. The van der Waals surface area contributed by atoms with Gasteiger partial charge in [-0.25, -0.2) is 4.68 Å². The third kappa shape index (κ3) is 6.92. The van der Waals surface area contributed by atoms with Crippen molar-refractivity contribution in [3.8, 4) is 16.8 Å². The van der Waals surface area contributed by atoms with Gasteiger partial charge < -0.3 is 15.1 Å². The molecule has 3 aromatic carbocycles. The lowest BCUT2D eigenvalue weighted by atomic mass is 9.93. The van der Waals surface area contributed by atoms with E-state index in [0.717, 1.165) is 66.7 Å². The van der Waals surface area contributed by atoms with Crippen LogP contribution in [-0.4, -0.2) is 61.4 Å². The Hall–Kier alpha value is -3.49. The maximum absolute atomic E-state index is 14.5. The number of halogens is 1. The third-order valence-electron chi connectivity index (χ3n) is 8.57. The first-order chi connectivity index (χ1) is 21.3. The van der Waals surface area contributed by atoms with Crippen molar-refractivity contribution in [1.82, 2.24) is 19.6 Å². The summed E-state index contributed by atoms with van der Waals surface area (Å²) in [5.74, 6) is -0.172. The number of aryl methyl sites for hydroxylation is 1. The van der Waals surface area contributed by atoms with Crippen LogP contribution in [0, 0.1) is 6.92 Å². The zero-order valence-electron chi connectivity index (χ0n) is 25.9. The minimum atomic E-state index is -0.835. The summed E-state index contributed by atoms with van der Waals surface area (Å²) in [5.41, 5.74) is 6.56. The second-order valence-corrected chi connectivity index (χ2v) is 12.2. The summed E-state index contributed by atoms with van der Waals surface area (Å²) < 4.78 is 1.76. The Balaban J connectivity index is 1.57. The van der Waals surface area contributed by atoms with Crippen molar-refractivity contribution in [2.45, 2.75) is 71.7 Å². The van der Waals surface area contributed by atoms with Crippen molar-refractivity contribution >= 4 is 17.5 Å². The van der Waals surface area contributed by atoms with Crippen molar-refractivity contribution in [3.63, 3.8) is 0 Å². The Labute approximate surface area is 265 Å². The van der Waals surface area contributed by atoms with Crippen LogP contribution in [0.2, 0.25) is 5.02 Å². The molecule has 1 aromatic heterocycles. The van der Waals surface area contributed by atoms with Crippen LogP contribution in [0.5, 0.6) is 0 Å². The van der Waals surface area contributed by atoms with Gasteiger partial charge in [0.2, 0.25) is 0 Å². The highest BCUT2D eigenvalue weighted by molar-refractivity contribution is 6.30. The first-order valence-electron chi connectivity index (χ1n) is 15.7. The van der Waals surface area contributed by atoms with Crippen LogP contribution >= 0.6 is 11.6 Å². The lowest BCUT2D eigenvalue weighted by Gasteiger charge is -2.36. The molecule has 2 heterocycles. The number of fused-ring (bicyclic) bond motifs is 1. The van der Waals surface area contributed by atoms with Crippen molar-refractivity contribution in [1.29, 1.82) is 0 Å². The van der Waals surface area contributed by atoms with Crippen LogP contribution in [0.1, 0.15) is 78.6 Å². The molecule has 1 amide bonds. The van der Waals surface area contributed by atoms with E-state index in [2.05, 4.69) is 24.8 Å². The average Bonchev–Trinajstić information content (AvgIpc) is 3.44. The molecule has 0 bridgehead atoms. The van der Waals surface area contributed by atoms with Gasteiger partial charge in [0.1, 0.15) is 5.69 Å². The number of unbranched alkanes of at least 4 members (excludes halogenated alkanes) is 2. The molecule has 2 atom stereocenters. The molecule has 0 aliphatic carbocycles. The minimum Gasteiger partial charge on any atom is -0.394 e. The Bertz CT molecular complexity index is 1560. The van der Waals surface area contributed by atoms with Crippen molar-refractivity contribution < 1.29 is 15.0 Å². The molecular weight excluding hydrogens is 572 g/mol. The fourth-order valence-corrected chi connectivity index (χ4v) is 6.12. The normalized spacial score (nSPS) is 15.4. The van der Waals surface area contributed by atoms with E-state index in [0.29, 0.717) is 34.9 Å². The lowest BCUT2D eigenvalue weighted by Crippen LogP contribution is -2.46. The summed E-state index contributed by atoms with van der Waals surface area (Å²) in [6, 6.07) is 23.0. The first kappa shape index (κ1) is 31.9. The van der Waals surface area contributed by atoms with E-state index in [1.54, 1.807) is 9.58 Å². The van der Waals surface area contributed by atoms with Crippen LogP contribution in [-0.2, 0) is 13.0 Å². The van der Waals surface area contributed by atoms with Crippen molar-refractivity contribution in [3.05, 3.63) is 106 Å². The third-order valence-corrected chi connectivity index (χ3v) is 8.83. The Kier molecular flexibility index (Phi) is 10.5. The molecule has 4 aromatic rings. The fourth-order valence-electron chi connectivity index (χ4n) is 5.99. The number of hydrogen-bond donors (Lipinski definition) is 2. The molecule has 1 aliphatic heterocycles. The van der Waals surface area contributed by atoms with Gasteiger partial charge in [-0.15, -0.1) is 0 Å². The van der Waals surface area contributed by atoms with Gasteiger partial charge in [0.05, 0.1) is 23.9 Å². The fraction of sp³-hybridized carbons (Fsp3) is 0.389. The zero-order valence-corrected chi connectivity index (χ0v) is 26.7. The van der Waals surface area contributed by atoms with Crippen molar-refractivity contribution in [2.75, 3.05) is 19.7 Å². The van der Waals surface area contributed by atoms with Gasteiger partial charge in [0.15, 0.2) is 6.23 Å². The Morgan fingerprint density at radius 3 is 2.30 bits per heavy atom. The summed E-state index contributed by atoms with van der Waals surface area (Å²) in [5, 5.41) is 27.3. The summed E-state index contributed by atoms with van der Waals surface area (Å²) in [7, 11) is 0. The van der Waals surface area contributed by atoms with Crippen LogP contribution in [0.25, 0.3) is 16.8 Å². The number of hydrogen-bond acceptors (Lipinski definition) is 5. The molecule has 7 nitrogen and oxygen atoms in total. The molecule has 0 spiro atoms. The maximum atomic E-state index is 14.5. The number of nitrogens with zero attached hydrogens (tertiary/aromatic N) is 4. The highest BCUT2D eigenvalue weighted by atomic mass is 35.5. The van der Waals surface area contributed by atoms with Gasteiger partial charge in [-0.1, -0.05) is 80.8 Å². The molecule has 0 saturated carbocycles. The number of aliphatic hydroxyl groups is 2. The van der Waals surface area contributed by atoms with E-state index >= 15 is 0 Å². The first-order valence-corrected chi connectivity index (χ1v) is 16.1. The molecule has 232 valence electrons. The van der Waals surface area contributed by atoms with Crippen LogP contribution in [0.4, 0.5) is 0 Å². The topological polar surface area (TPSA) is 81.8 Å². The second kappa shape index (κ2) is 14.5. The molecule has 1 unspecified atom stereocenters. The van der Waals surface area contributed by atoms with E-state index in [1.165, 1.54) is 0 Å². The lowest BCUT2D eigenvalue weighted by molar-refractivity contribution is -0.00351. The summed E-state index contributed by atoms with van der Waals surface area (Å²) >= 11 is 6.16. The molecule has 44 heavy (non-hydrogen) atoms. The average molecular weight is 615 g/mol. The summed E-state index contributed by atoms with van der Waals surface area (Å²) in [6.45, 7) is 8.12. The minimum absolute atomic E-state index is 0.130. The molecule has 1 aliphatic rings. The molecule has 0 saturated heterocycles. The van der Waals surface area contributed by atoms with Crippen LogP contribution in [0.3, 0.4) is 0 Å². The van der Waals surface area contributed by atoms with Crippen molar-refractivity contribution in [2.24, 2.45) is 0 Å². The Morgan fingerprint density at radius 2 is 1.64 bits per heavy atom. The highest BCUT2D eigenvalue weighted by Gasteiger charge is 2.32. The predicted octanol–water partition coefficient (Wildman–Crippen LogP) is 6.95. The van der Waals surface area contributed by atoms with Gasteiger partial charge in [0.25, 0.3) is 5.91 Å². The van der Waals surface area contributed by atoms with Gasteiger partial charge in [-0.2, -0.15) is 5.10 Å². The van der Waals surface area contributed by atoms with E-state index in [1.807, 2.05) is 73.7 Å². The predicted molar refractivity (Wildman–Crippen MR) is 176 cm³/mol. The standard InChI is InChI=1S/C36H43ClN4O3/c1-4-6-18-39(19-7-5-2)36(44)33-20-25(3)41(38-33)34-17-14-28(26-12-15-30(37)16-13-26)22-32(34)35(43)40-23-29-11-9-8-10-27(29)21-31(40)24-42/h8-17,20,22,31,36,42,44H,4-7,18-19,21,23-24H2,1-3H3/t31-,36?/m0/s1. The maximum Gasteiger partial charge on any atom is 0.256 e. The number of carbonyl (C=O) groups is 1. The number of carbonyl (C=O) groups excluding carboxylic acids is 1. The van der Waals surface area contributed by atoms with Crippen LogP contribution < -0.4 is 0 Å². The molecular formula is C36H43ClN4O3. The summed E-state index contributed by atoms with van der Waals surface area (Å²) in [6.07, 6.45) is 3.84. The SMILES string of the molecule is CCCCN(CCCC)C(O)c1cc(C)n(-c2ccc(-c3ccc(Cl)cc3)cc2C(=O)N2Cc3ccccc3C[C@H]2CO)n1. The summed E-state index contributed by atoms with van der Waals surface area (Å²) in [4.78, 5) is 18.4. The van der Waals surface area contributed by atoms with E-state index in [-0.39, 0.29) is 18.6 Å². The number of amides is 1. The van der Waals surface area contributed by atoms with Gasteiger partial charge in [0, 0.05) is 30.4 Å².